The molecule has 2 aromatic carbocycles. The molecule has 0 heterocycles. The van der Waals surface area contributed by atoms with Gasteiger partial charge in [-0.2, -0.15) is 0 Å². The van der Waals surface area contributed by atoms with Gasteiger partial charge in [0.15, 0.2) is 17.5 Å². The normalized spacial score (nSPS) is 10.9. The second kappa shape index (κ2) is 14.5. The van der Waals surface area contributed by atoms with E-state index in [4.69, 9.17) is 9.47 Å². The zero-order chi connectivity index (χ0) is 22.6. The number of likely N-dealkylation sites (N-methyl/N-ethyl adjacent to an activating group) is 1. The molecular formula is C23H34IN5O3. The fourth-order valence-corrected chi connectivity index (χ4v) is 2.84. The number of halogens is 1. The van der Waals surface area contributed by atoms with E-state index in [0.29, 0.717) is 42.7 Å². The maximum atomic E-state index is 12.3. The molecule has 0 aromatic heterocycles. The maximum Gasteiger partial charge on any atom is 0.251 e. The van der Waals surface area contributed by atoms with Gasteiger partial charge in [0.2, 0.25) is 0 Å². The van der Waals surface area contributed by atoms with Crippen LogP contribution in [0, 0.1) is 0 Å². The number of ether oxygens (including phenoxy) is 2. The van der Waals surface area contributed by atoms with Gasteiger partial charge in [0.25, 0.3) is 5.91 Å². The molecule has 1 amide bonds. The Kier molecular flexibility index (Phi) is 12.5. The number of guanidine groups is 1. The third-order valence-corrected chi connectivity index (χ3v) is 4.44. The zero-order valence-corrected chi connectivity index (χ0v) is 21.7. The van der Waals surface area contributed by atoms with Gasteiger partial charge in [-0.1, -0.05) is 12.1 Å². The van der Waals surface area contributed by atoms with Crippen molar-refractivity contribution in [3.8, 4) is 11.5 Å². The summed E-state index contributed by atoms with van der Waals surface area (Å²) in [6.45, 7) is 4.42. The van der Waals surface area contributed by atoms with E-state index in [1.54, 1.807) is 14.2 Å². The van der Waals surface area contributed by atoms with Crippen LogP contribution in [0.5, 0.6) is 11.5 Å². The van der Waals surface area contributed by atoms with E-state index in [2.05, 4.69) is 20.9 Å². The Balaban J connectivity index is 0.00000512. The molecule has 0 unspecified atom stereocenters. The molecule has 3 N–H and O–H groups in total. The number of carbonyl (C=O) groups is 1. The summed E-state index contributed by atoms with van der Waals surface area (Å²) in [5.74, 6) is 1.87. The lowest BCUT2D eigenvalue weighted by Gasteiger charge is -2.15. The predicted molar refractivity (Wildman–Crippen MR) is 141 cm³/mol. The molecule has 0 saturated carbocycles. The molecule has 2 rings (SSSR count). The third-order valence-electron chi connectivity index (χ3n) is 4.44. The van der Waals surface area contributed by atoms with Crippen molar-refractivity contribution in [1.82, 2.24) is 15.5 Å². The highest BCUT2D eigenvalue weighted by Crippen LogP contribution is 2.30. The lowest BCUT2D eigenvalue weighted by atomic mass is 10.1. The number of nitrogens with one attached hydrogen (secondary N) is 3. The molecule has 0 spiro atoms. The molecule has 0 bridgehead atoms. The molecule has 0 saturated heterocycles. The Hall–Kier alpha value is -2.53. The van der Waals surface area contributed by atoms with Crippen molar-refractivity contribution >= 4 is 41.5 Å². The average molecular weight is 555 g/mol. The van der Waals surface area contributed by atoms with Crippen LogP contribution >= 0.6 is 24.0 Å². The number of methoxy groups -OCH3 is 1. The summed E-state index contributed by atoms with van der Waals surface area (Å²) < 4.78 is 10.9. The highest BCUT2D eigenvalue weighted by atomic mass is 127. The minimum atomic E-state index is -0.0762. The average Bonchev–Trinajstić information content (AvgIpc) is 2.77. The lowest BCUT2D eigenvalue weighted by Crippen LogP contribution is -2.32. The van der Waals surface area contributed by atoms with Gasteiger partial charge in [0.1, 0.15) is 0 Å². The van der Waals surface area contributed by atoms with Crippen LogP contribution in [0.4, 0.5) is 5.69 Å². The molecule has 0 atom stereocenters. The minimum Gasteiger partial charge on any atom is -0.493 e. The molecule has 8 nitrogen and oxygen atoms in total. The summed E-state index contributed by atoms with van der Waals surface area (Å²) in [5.41, 5.74) is 2.44. The van der Waals surface area contributed by atoms with Gasteiger partial charge >= 0.3 is 0 Å². The molecule has 0 aliphatic heterocycles. The second-order valence-electron chi connectivity index (χ2n) is 7.11. The van der Waals surface area contributed by atoms with Crippen molar-refractivity contribution in [3.63, 3.8) is 0 Å². The topological polar surface area (TPSA) is 87.2 Å². The standard InChI is InChI=1S/C23H33N5O3.HI/c1-6-31-20-11-10-19(15-21(20)30-5)27-23(24-2)26-16-17-8-7-9-18(14-17)22(29)25-12-13-28(3)4;/h7-11,14-15H,6,12-13,16H2,1-5H3,(H,25,29)(H2,24,26,27);1H. The monoisotopic (exact) mass is 555 g/mol. The summed E-state index contributed by atoms with van der Waals surface area (Å²) in [6.07, 6.45) is 0. The number of rotatable bonds is 10. The highest BCUT2D eigenvalue weighted by Gasteiger charge is 2.08. The van der Waals surface area contributed by atoms with Crippen LogP contribution in [0.3, 0.4) is 0 Å². The predicted octanol–water partition coefficient (Wildman–Crippen LogP) is 3.19. The lowest BCUT2D eigenvalue weighted by molar-refractivity contribution is 0.0951. The number of aliphatic imine (C=N–C) groups is 1. The molecule has 0 fully saturated rings. The number of hydrogen-bond donors (Lipinski definition) is 3. The van der Waals surface area contributed by atoms with E-state index in [9.17, 15) is 4.79 Å². The van der Waals surface area contributed by atoms with Gasteiger partial charge in [-0.3, -0.25) is 9.79 Å². The van der Waals surface area contributed by atoms with Gasteiger partial charge in [-0.25, -0.2) is 0 Å². The van der Waals surface area contributed by atoms with Crippen LogP contribution in [-0.4, -0.2) is 64.7 Å². The number of amides is 1. The molecule has 0 aliphatic rings. The summed E-state index contributed by atoms with van der Waals surface area (Å²) in [4.78, 5) is 18.6. The first-order valence-corrected chi connectivity index (χ1v) is 10.3. The largest absolute Gasteiger partial charge is 0.493 e. The van der Waals surface area contributed by atoms with Crippen LogP contribution in [0.25, 0.3) is 0 Å². The third kappa shape index (κ3) is 8.91. The Labute approximate surface area is 207 Å². The Bertz CT molecular complexity index is 890. The smallest absolute Gasteiger partial charge is 0.251 e. The molecule has 0 radical (unpaired) electrons. The van der Waals surface area contributed by atoms with Crippen LogP contribution < -0.4 is 25.4 Å². The SMILES string of the molecule is CCOc1ccc(NC(=NC)NCc2cccc(C(=O)NCCN(C)C)c2)cc1OC.I. The minimum absolute atomic E-state index is 0. The van der Waals surface area contributed by atoms with E-state index >= 15 is 0 Å². The van der Waals surface area contributed by atoms with Crippen molar-refractivity contribution in [3.05, 3.63) is 53.6 Å². The van der Waals surface area contributed by atoms with Crippen molar-refractivity contribution in [1.29, 1.82) is 0 Å². The van der Waals surface area contributed by atoms with Crippen LogP contribution in [0.2, 0.25) is 0 Å². The van der Waals surface area contributed by atoms with Gasteiger partial charge < -0.3 is 30.3 Å². The Morgan fingerprint density at radius 3 is 2.53 bits per heavy atom. The van der Waals surface area contributed by atoms with Crippen molar-refractivity contribution in [2.45, 2.75) is 13.5 Å². The molecule has 9 heteroatoms. The van der Waals surface area contributed by atoms with Crippen LogP contribution in [0.15, 0.2) is 47.5 Å². The number of anilines is 1. The fourth-order valence-electron chi connectivity index (χ4n) is 2.84. The summed E-state index contributed by atoms with van der Waals surface area (Å²) in [5, 5.41) is 9.43. The highest BCUT2D eigenvalue weighted by molar-refractivity contribution is 14.0. The summed E-state index contributed by atoms with van der Waals surface area (Å²) in [6, 6.07) is 13.2. The fraction of sp³-hybridized carbons (Fsp3) is 0.391. The first-order valence-electron chi connectivity index (χ1n) is 10.3. The van der Waals surface area contributed by atoms with Crippen molar-refractivity contribution < 1.29 is 14.3 Å². The van der Waals surface area contributed by atoms with E-state index in [0.717, 1.165) is 17.8 Å². The molecule has 32 heavy (non-hydrogen) atoms. The molecule has 176 valence electrons. The van der Waals surface area contributed by atoms with E-state index < -0.39 is 0 Å². The summed E-state index contributed by atoms with van der Waals surface area (Å²) >= 11 is 0. The maximum absolute atomic E-state index is 12.3. The number of hydrogen-bond acceptors (Lipinski definition) is 5. The van der Waals surface area contributed by atoms with Crippen LogP contribution in [0.1, 0.15) is 22.8 Å². The number of benzene rings is 2. The first kappa shape index (κ1) is 27.5. The first-order chi connectivity index (χ1) is 15.0. The van der Waals surface area contributed by atoms with Gasteiger partial charge in [-0.05, 0) is 50.8 Å². The van der Waals surface area contributed by atoms with Crippen molar-refractivity contribution in [2.24, 2.45) is 4.99 Å². The van der Waals surface area contributed by atoms with Gasteiger partial charge in [0.05, 0.1) is 13.7 Å². The number of nitrogens with zero attached hydrogens (tertiary/aromatic N) is 2. The molecule has 0 aliphatic carbocycles. The zero-order valence-electron chi connectivity index (χ0n) is 19.4. The summed E-state index contributed by atoms with van der Waals surface area (Å²) in [7, 11) is 7.26. The second-order valence-corrected chi connectivity index (χ2v) is 7.11. The van der Waals surface area contributed by atoms with Crippen LogP contribution in [-0.2, 0) is 6.54 Å². The van der Waals surface area contributed by atoms with E-state index in [1.165, 1.54) is 0 Å². The molecule has 2 aromatic rings. The Morgan fingerprint density at radius 1 is 1.09 bits per heavy atom. The quantitative estimate of drug-likeness (QED) is 0.237. The van der Waals surface area contributed by atoms with Gasteiger partial charge in [0, 0.05) is 44.0 Å². The van der Waals surface area contributed by atoms with Gasteiger partial charge in [-0.15, -0.1) is 24.0 Å². The Morgan fingerprint density at radius 2 is 1.88 bits per heavy atom. The number of carbonyl (C=O) groups excluding carboxylic acids is 1. The van der Waals surface area contributed by atoms with E-state index in [1.807, 2.05) is 68.4 Å². The molecular weight excluding hydrogens is 521 g/mol. The van der Waals surface area contributed by atoms with E-state index in [-0.39, 0.29) is 29.9 Å². The van der Waals surface area contributed by atoms with Crippen molar-refractivity contribution in [2.75, 3.05) is 53.3 Å².